The molecular formula is C15H16O7. The highest BCUT2D eigenvalue weighted by Gasteiger charge is 2.43. The molecule has 0 saturated carbocycles. The number of ether oxygens (including phenoxy) is 2. The van der Waals surface area contributed by atoms with Crippen molar-refractivity contribution < 1.29 is 29.2 Å². The van der Waals surface area contributed by atoms with Crippen LogP contribution in [0.15, 0.2) is 33.5 Å². The SMILES string of the molecule is Cc1cc(=O)oc2cc(O[C@H]3O[C@@H](CO)[C@H](O)[C@@H]3O)ccc12. The Morgan fingerprint density at radius 3 is 2.68 bits per heavy atom. The van der Waals surface area contributed by atoms with Crippen LogP contribution in [0.4, 0.5) is 0 Å². The maximum atomic E-state index is 11.4. The number of hydrogen-bond acceptors (Lipinski definition) is 7. The van der Waals surface area contributed by atoms with Crippen molar-refractivity contribution in [2.75, 3.05) is 6.61 Å². The fraction of sp³-hybridized carbons (Fsp3) is 0.400. The first-order valence-electron chi connectivity index (χ1n) is 6.83. The van der Waals surface area contributed by atoms with Crippen LogP contribution in [0, 0.1) is 6.92 Å². The Hall–Kier alpha value is -1.93. The van der Waals surface area contributed by atoms with Crippen molar-refractivity contribution in [1.82, 2.24) is 0 Å². The van der Waals surface area contributed by atoms with Gasteiger partial charge in [-0.2, -0.15) is 0 Å². The van der Waals surface area contributed by atoms with E-state index < -0.39 is 36.8 Å². The van der Waals surface area contributed by atoms with Crippen molar-refractivity contribution >= 4 is 11.0 Å². The minimum atomic E-state index is -1.28. The maximum Gasteiger partial charge on any atom is 0.336 e. The summed E-state index contributed by atoms with van der Waals surface area (Å²) in [5.74, 6) is 0.316. The van der Waals surface area contributed by atoms with Crippen LogP contribution in [-0.2, 0) is 4.74 Å². The summed E-state index contributed by atoms with van der Waals surface area (Å²) in [6.07, 6.45) is -4.52. The molecule has 0 aliphatic carbocycles. The monoisotopic (exact) mass is 308 g/mol. The van der Waals surface area contributed by atoms with E-state index in [0.717, 1.165) is 10.9 Å². The zero-order chi connectivity index (χ0) is 15.9. The molecule has 22 heavy (non-hydrogen) atoms. The molecule has 4 atom stereocenters. The predicted molar refractivity (Wildman–Crippen MR) is 75.6 cm³/mol. The number of benzene rings is 1. The van der Waals surface area contributed by atoms with Crippen molar-refractivity contribution in [2.45, 2.75) is 31.5 Å². The van der Waals surface area contributed by atoms with Gasteiger partial charge >= 0.3 is 5.63 Å². The van der Waals surface area contributed by atoms with Crippen molar-refractivity contribution in [3.05, 3.63) is 40.2 Å². The molecule has 2 heterocycles. The molecule has 7 nitrogen and oxygen atoms in total. The predicted octanol–water partition coefficient (Wildman–Crippen LogP) is -0.0808. The molecule has 3 rings (SSSR count). The molecule has 1 aromatic heterocycles. The van der Waals surface area contributed by atoms with Crippen LogP contribution >= 0.6 is 0 Å². The summed E-state index contributed by atoms with van der Waals surface area (Å²) in [6, 6.07) is 6.28. The third-order valence-electron chi connectivity index (χ3n) is 3.67. The molecule has 3 N–H and O–H groups in total. The van der Waals surface area contributed by atoms with E-state index in [-0.39, 0.29) is 0 Å². The van der Waals surface area contributed by atoms with Crippen LogP contribution in [0.5, 0.6) is 5.75 Å². The largest absolute Gasteiger partial charge is 0.462 e. The van der Waals surface area contributed by atoms with Crippen molar-refractivity contribution in [1.29, 1.82) is 0 Å². The number of rotatable bonds is 3. The zero-order valence-corrected chi connectivity index (χ0v) is 11.8. The lowest BCUT2D eigenvalue weighted by Gasteiger charge is -2.17. The van der Waals surface area contributed by atoms with Crippen LogP contribution < -0.4 is 10.4 Å². The van der Waals surface area contributed by atoms with Gasteiger partial charge in [0.1, 0.15) is 29.6 Å². The van der Waals surface area contributed by atoms with Gasteiger partial charge < -0.3 is 29.2 Å². The lowest BCUT2D eigenvalue weighted by atomic mass is 10.1. The quantitative estimate of drug-likeness (QED) is 0.680. The zero-order valence-electron chi connectivity index (χ0n) is 11.8. The minimum absolute atomic E-state index is 0.316. The van der Waals surface area contributed by atoms with E-state index in [1.54, 1.807) is 19.1 Å². The molecule has 0 radical (unpaired) electrons. The van der Waals surface area contributed by atoms with E-state index in [4.69, 9.17) is 19.0 Å². The second-order valence-electron chi connectivity index (χ2n) is 5.23. The molecular weight excluding hydrogens is 292 g/mol. The van der Waals surface area contributed by atoms with Gasteiger partial charge in [0.25, 0.3) is 0 Å². The highest BCUT2D eigenvalue weighted by molar-refractivity contribution is 5.81. The van der Waals surface area contributed by atoms with Gasteiger partial charge in [0, 0.05) is 17.5 Å². The molecule has 1 aliphatic rings. The summed E-state index contributed by atoms with van der Waals surface area (Å²) in [5.41, 5.74) is 0.676. The molecule has 0 bridgehead atoms. The van der Waals surface area contributed by atoms with Gasteiger partial charge in [-0.1, -0.05) is 0 Å². The Morgan fingerprint density at radius 1 is 1.23 bits per heavy atom. The van der Waals surface area contributed by atoms with Crippen molar-refractivity contribution in [3.63, 3.8) is 0 Å². The topological polar surface area (TPSA) is 109 Å². The number of aliphatic hydroxyl groups excluding tert-OH is 3. The standard InChI is InChI=1S/C15H16O7/c1-7-4-12(17)21-10-5-8(2-3-9(7)10)20-15-14(19)13(18)11(6-16)22-15/h2-5,11,13-16,18-19H,6H2,1H3/t11-,13-,14-,15-/m0/s1. The summed E-state index contributed by atoms with van der Waals surface area (Å²) < 4.78 is 15.8. The molecule has 0 amide bonds. The van der Waals surface area contributed by atoms with E-state index in [2.05, 4.69) is 0 Å². The van der Waals surface area contributed by atoms with E-state index in [0.29, 0.717) is 11.3 Å². The lowest BCUT2D eigenvalue weighted by molar-refractivity contribution is -0.116. The number of aliphatic hydroxyl groups is 3. The number of fused-ring (bicyclic) bond motifs is 1. The Kier molecular flexibility index (Phi) is 3.88. The smallest absolute Gasteiger partial charge is 0.336 e. The van der Waals surface area contributed by atoms with E-state index >= 15 is 0 Å². The second-order valence-corrected chi connectivity index (χ2v) is 5.23. The molecule has 0 unspecified atom stereocenters. The number of hydrogen-bond donors (Lipinski definition) is 3. The molecule has 1 fully saturated rings. The van der Waals surface area contributed by atoms with E-state index in [1.165, 1.54) is 12.1 Å². The first-order valence-corrected chi connectivity index (χ1v) is 6.83. The second kappa shape index (κ2) is 5.69. The Bertz CT molecular complexity index is 738. The van der Waals surface area contributed by atoms with Crippen LogP contribution in [0.3, 0.4) is 0 Å². The van der Waals surface area contributed by atoms with Crippen LogP contribution in [0.2, 0.25) is 0 Å². The van der Waals surface area contributed by atoms with Crippen LogP contribution in [0.1, 0.15) is 5.56 Å². The van der Waals surface area contributed by atoms with Gasteiger partial charge in [-0.3, -0.25) is 0 Å². The molecule has 2 aromatic rings. The first-order chi connectivity index (χ1) is 10.5. The third kappa shape index (κ3) is 2.59. The first kappa shape index (κ1) is 15.0. The van der Waals surface area contributed by atoms with E-state index in [9.17, 15) is 15.0 Å². The summed E-state index contributed by atoms with van der Waals surface area (Å²) in [5, 5.41) is 29.3. The molecule has 0 spiro atoms. The fourth-order valence-electron chi connectivity index (χ4n) is 2.48. The summed E-state index contributed by atoms with van der Waals surface area (Å²) in [4.78, 5) is 11.4. The Balaban J connectivity index is 1.87. The molecule has 7 heteroatoms. The minimum Gasteiger partial charge on any atom is -0.462 e. The Morgan fingerprint density at radius 2 is 2.00 bits per heavy atom. The molecule has 1 aromatic carbocycles. The highest BCUT2D eigenvalue weighted by atomic mass is 16.7. The van der Waals surface area contributed by atoms with Crippen molar-refractivity contribution in [2.24, 2.45) is 0 Å². The normalized spacial score (nSPS) is 28.2. The van der Waals surface area contributed by atoms with Crippen LogP contribution in [0.25, 0.3) is 11.0 Å². The van der Waals surface area contributed by atoms with Crippen LogP contribution in [-0.4, -0.2) is 46.5 Å². The third-order valence-corrected chi connectivity index (χ3v) is 3.67. The van der Waals surface area contributed by atoms with Gasteiger partial charge in [0.15, 0.2) is 0 Å². The van der Waals surface area contributed by atoms with Gasteiger partial charge in [-0.15, -0.1) is 0 Å². The Labute approximate surface area is 125 Å². The summed E-state index contributed by atoms with van der Waals surface area (Å²) in [6.45, 7) is 1.37. The van der Waals surface area contributed by atoms with Gasteiger partial charge in [-0.25, -0.2) is 4.79 Å². The highest BCUT2D eigenvalue weighted by Crippen LogP contribution is 2.27. The van der Waals surface area contributed by atoms with Gasteiger partial charge in [-0.05, 0) is 24.6 Å². The number of aryl methyl sites for hydroxylation is 1. The fourth-order valence-corrected chi connectivity index (χ4v) is 2.48. The molecule has 1 aliphatic heterocycles. The lowest BCUT2D eigenvalue weighted by Crippen LogP contribution is -2.35. The van der Waals surface area contributed by atoms with E-state index in [1.807, 2.05) is 0 Å². The summed E-state index contributed by atoms with van der Waals surface area (Å²) >= 11 is 0. The summed E-state index contributed by atoms with van der Waals surface area (Å²) in [7, 11) is 0. The molecule has 1 saturated heterocycles. The van der Waals surface area contributed by atoms with Gasteiger partial charge in [0.05, 0.1) is 6.61 Å². The average molecular weight is 308 g/mol. The van der Waals surface area contributed by atoms with Gasteiger partial charge in [0.2, 0.25) is 6.29 Å². The van der Waals surface area contributed by atoms with Crippen molar-refractivity contribution in [3.8, 4) is 5.75 Å². The maximum absolute atomic E-state index is 11.4. The molecule has 118 valence electrons. The average Bonchev–Trinajstić information content (AvgIpc) is 2.74.